The predicted octanol–water partition coefficient (Wildman–Crippen LogP) is 0.951. The van der Waals surface area contributed by atoms with E-state index < -0.39 is 5.97 Å². The zero-order chi connectivity index (χ0) is 12.8. The topological polar surface area (TPSA) is 82.5 Å². The molecule has 17 heavy (non-hydrogen) atoms. The monoisotopic (exact) mass is 237 g/mol. The van der Waals surface area contributed by atoms with Crippen LogP contribution in [0.2, 0.25) is 0 Å². The molecule has 0 unspecified atom stereocenters. The first-order valence-corrected chi connectivity index (χ1v) is 5.14. The Balaban J connectivity index is 2.68. The van der Waals surface area contributed by atoms with Crippen LogP contribution in [0.15, 0.2) is 18.3 Å². The van der Waals surface area contributed by atoms with Crippen molar-refractivity contribution in [1.29, 1.82) is 0 Å². The minimum Gasteiger partial charge on any atom is -0.481 e. The van der Waals surface area contributed by atoms with E-state index in [0.717, 1.165) is 0 Å². The van der Waals surface area contributed by atoms with Crippen molar-refractivity contribution in [3.8, 4) is 0 Å². The minimum atomic E-state index is -0.987. The number of aliphatic carboxylic acids is 1. The second-order valence-corrected chi connectivity index (χ2v) is 3.71. The smallest absolute Gasteiger partial charge is 0.303 e. The van der Waals surface area contributed by atoms with Crippen LogP contribution in [-0.4, -0.2) is 36.1 Å². The van der Waals surface area contributed by atoms with E-state index in [2.05, 4.69) is 10.3 Å². The normalized spacial score (nSPS) is 9.76. The first kappa shape index (κ1) is 13.0. The van der Waals surface area contributed by atoms with Gasteiger partial charge in [0.15, 0.2) is 5.82 Å². The number of nitrogens with one attached hydrogen (secondary N) is 1. The molecule has 0 aliphatic carbocycles. The number of amides is 1. The lowest BCUT2D eigenvalue weighted by atomic mass is 10.3. The number of carboxylic acid groups (broad SMARTS) is 1. The third-order valence-electron chi connectivity index (χ3n) is 2.05. The molecule has 1 heterocycles. The molecule has 92 valence electrons. The van der Waals surface area contributed by atoms with Crippen molar-refractivity contribution in [2.45, 2.75) is 12.8 Å². The number of anilines is 2. The summed E-state index contributed by atoms with van der Waals surface area (Å²) < 4.78 is 0. The maximum atomic E-state index is 11.5. The fourth-order valence-corrected chi connectivity index (χ4v) is 1.28. The van der Waals surface area contributed by atoms with Crippen LogP contribution in [0, 0.1) is 0 Å². The van der Waals surface area contributed by atoms with Gasteiger partial charge in [0, 0.05) is 26.7 Å². The molecule has 6 heteroatoms. The molecule has 0 spiro atoms. The molecular weight excluding hydrogens is 222 g/mol. The molecule has 1 rings (SSSR count). The standard InChI is InChI=1S/C11H15N3O3/c1-14(2)11-8(4-3-7-12-11)13-9(15)5-6-10(16)17/h3-4,7H,5-6H2,1-2H3,(H,13,15)(H,16,17). The van der Waals surface area contributed by atoms with E-state index in [4.69, 9.17) is 5.11 Å². The van der Waals surface area contributed by atoms with Gasteiger partial charge in [0.05, 0.1) is 12.1 Å². The Hall–Kier alpha value is -2.11. The predicted molar refractivity (Wildman–Crippen MR) is 64.1 cm³/mol. The summed E-state index contributed by atoms with van der Waals surface area (Å²) in [6.45, 7) is 0. The molecule has 0 aliphatic heterocycles. The highest BCUT2D eigenvalue weighted by molar-refractivity contribution is 5.94. The third-order valence-corrected chi connectivity index (χ3v) is 2.05. The maximum Gasteiger partial charge on any atom is 0.303 e. The number of carbonyl (C=O) groups excluding carboxylic acids is 1. The molecule has 0 radical (unpaired) electrons. The molecule has 0 fully saturated rings. The molecule has 1 aromatic rings. The first-order chi connectivity index (χ1) is 8.00. The minimum absolute atomic E-state index is 0.0445. The van der Waals surface area contributed by atoms with Crippen LogP contribution in [-0.2, 0) is 9.59 Å². The molecule has 0 bridgehead atoms. The van der Waals surface area contributed by atoms with E-state index in [1.165, 1.54) is 0 Å². The number of rotatable bonds is 5. The molecule has 0 aliphatic rings. The molecule has 0 aromatic carbocycles. The summed E-state index contributed by atoms with van der Waals surface area (Å²) in [5.74, 6) is -0.682. The summed E-state index contributed by atoms with van der Waals surface area (Å²) in [4.78, 5) is 27.7. The fourth-order valence-electron chi connectivity index (χ4n) is 1.28. The van der Waals surface area contributed by atoms with Gasteiger partial charge in [0.1, 0.15) is 0 Å². The molecule has 0 atom stereocenters. The van der Waals surface area contributed by atoms with Crippen molar-refractivity contribution in [3.63, 3.8) is 0 Å². The lowest BCUT2D eigenvalue weighted by Crippen LogP contribution is -2.18. The highest BCUT2D eigenvalue weighted by Crippen LogP contribution is 2.20. The number of carbonyl (C=O) groups is 2. The van der Waals surface area contributed by atoms with Crippen molar-refractivity contribution in [2.24, 2.45) is 0 Å². The number of pyridine rings is 1. The Kier molecular flexibility index (Phi) is 4.45. The van der Waals surface area contributed by atoms with Crippen molar-refractivity contribution in [1.82, 2.24) is 4.98 Å². The molecule has 1 aromatic heterocycles. The molecule has 0 saturated carbocycles. The van der Waals surface area contributed by atoms with E-state index in [1.807, 2.05) is 14.1 Å². The average Bonchev–Trinajstić information content (AvgIpc) is 2.27. The summed E-state index contributed by atoms with van der Waals surface area (Å²) >= 11 is 0. The van der Waals surface area contributed by atoms with E-state index in [1.54, 1.807) is 23.2 Å². The largest absolute Gasteiger partial charge is 0.481 e. The van der Waals surface area contributed by atoms with Gasteiger partial charge in [0.25, 0.3) is 0 Å². The summed E-state index contributed by atoms with van der Waals surface area (Å²) in [6.07, 6.45) is 1.41. The SMILES string of the molecule is CN(C)c1ncccc1NC(=O)CCC(=O)O. The fraction of sp³-hybridized carbons (Fsp3) is 0.364. The van der Waals surface area contributed by atoms with Crippen LogP contribution in [0.5, 0.6) is 0 Å². The maximum absolute atomic E-state index is 11.5. The summed E-state index contributed by atoms with van der Waals surface area (Å²) in [7, 11) is 3.63. The molecule has 2 N–H and O–H groups in total. The summed E-state index contributed by atoms with van der Waals surface area (Å²) in [6, 6.07) is 3.43. The van der Waals surface area contributed by atoms with Crippen LogP contribution in [0.4, 0.5) is 11.5 Å². The van der Waals surface area contributed by atoms with E-state index in [9.17, 15) is 9.59 Å². The van der Waals surface area contributed by atoms with Gasteiger partial charge < -0.3 is 15.3 Å². The molecular formula is C11H15N3O3. The highest BCUT2D eigenvalue weighted by Gasteiger charge is 2.10. The van der Waals surface area contributed by atoms with Crippen LogP contribution >= 0.6 is 0 Å². The number of hydrogen-bond donors (Lipinski definition) is 2. The van der Waals surface area contributed by atoms with Gasteiger partial charge in [0.2, 0.25) is 5.91 Å². The first-order valence-electron chi connectivity index (χ1n) is 5.14. The second kappa shape index (κ2) is 5.83. The third kappa shape index (κ3) is 4.10. The zero-order valence-corrected chi connectivity index (χ0v) is 9.80. The Morgan fingerprint density at radius 2 is 2.12 bits per heavy atom. The van der Waals surface area contributed by atoms with Gasteiger partial charge in [-0.1, -0.05) is 0 Å². The zero-order valence-electron chi connectivity index (χ0n) is 9.80. The molecule has 6 nitrogen and oxygen atoms in total. The van der Waals surface area contributed by atoms with Gasteiger partial charge in [-0.05, 0) is 12.1 Å². The molecule has 0 saturated heterocycles. The van der Waals surface area contributed by atoms with Gasteiger partial charge in [-0.3, -0.25) is 9.59 Å². The lowest BCUT2D eigenvalue weighted by Gasteiger charge is -2.15. The Bertz CT molecular complexity index is 418. The van der Waals surface area contributed by atoms with E-state index in [0.29, 0.717) is 11.5 Å². The van der Waals surface area contributed by atoms with Crippen molar-refractivity contribution >= 4 is 23.4 Å². The number of nitrogens with zero attached hydrogens (tertiary/aromatic N) is 2. The average molecular weight is 237 g/mol. The summed E-state index contributed by atoms with van der Waals surface area (Å²) in [5.41, 5.74) is 0.577. The van der Waals surface area contributed by atoms with Crippen molar-refractivity contribution in [3.05, 3.63) is 18.3 Å². The van der Waals surface area contributed by atoms with Gasteiger partial charge in [-0.15, -0.1) is 0 Å². The van der Waals surface area contributed by atoms with Crippen molar-refractivity contribution < 1.29 is 14.7 Å². The van der Waals surface area contributed by atoms with Crippen LogP contribution < -0.4 is 10.2 Å². The highest BCUT2D eigenvalue weighted by atomic mass is 16.4. The quantitative estimate of drug-likeness (QED) is 0.796. The Morgan fingerprint density at radius 3 is 2.71 bits per heavy atom. The number of carboxylic acids is 1. The summed E-state index contributed by atoms with van der Waals surface area (Å²) in [5, 5.41) is 11.1. The Morgan fingerprint density at radius 1 is 1.41 bits per heavy atom. The lowest BCUT2D eigenvalue weighted by molar-refractivity contribution is -0.138. The van der Waals surface area contributed by atoms with Gasteiger partial charge in [-0.25, -0.2) is 4.98 Å². The number of hydrogen-bond acceptors (Lipinski definition) is 4. The van der Waals surface area contributed by atoms with Gasteiger partial charge >= 0.3 is 5.97 Å². The number of aromatic nitrogens is 1. The molecule has 1 amide bonds. The van der Waals surface area contributed by atoms with Crippen LogP contribution in [0.3, 0.4) is 0 Å². The van der Waals surface area contributed by atoms with E-state index in [-0.39, 0.29) is 18.7 Å². The van der Waals surface area contributed by atoms with Gasteiger partial charge in [-0.2, -0.15) is 0 Å². The van der Waals surface area contributed by atoms with Crippen molar-refractivity contribution in [2.75, 3.05) is 24.3 Å². The second-order valence-electron chi connectivity index (χ2n) is 3.71. The van der Waals surface area contributed by atoms with Crippen LogP contribution in [0.1, 0.15) is 12.8 Å². The van der Waals surface area contributed by atoms with Crippen LogP contribution in [0.25, 0.3) is 0 Å². The van der Waals surface area contributed by atoms with E-state index >= 15 is 0 Å². The Labute approximate surface area is 99.3 Å².